The number of hydrogen-bond acceptors (Lipinski definition) is 23. The third kappa shape index (κ3) is 11.6. The average Bonchev–Trinajstić information content (AvgIpc) is 3.26. The molecule has 1 aromatic heterocycles. The summed E-state index contributed by atoms with van der Waals surface area (Å²) in [5.41, 5.74) is -0.314. The summed E-state index contributed by atoms with van der Waals surface area (Å²) in [6.07, 6.45) is -20.1. The number of aliphatic hydroxyl groups is 5. The van der Waals surface area contributed by atoms with E-state index in [9.17, 15) is 80.1 Å². The van der Waals surface area contributed by atoms with Gasteiger partial charge >= 0.3 is 41.2 Å². The normalized spacial score (nSPS) is 24.8. The van der Waals surface area contributed by atoms with E-state index in [2.05, 4.69) is 0 Å². The zero-order valence-corrected chi connectivity index (χ0v) is 34.5. The molecule has 0 spiro atoms. The number of aromatic hydroxyl groups is 6. The number of carbonyl (C=O) groups excluding carboxylic acids is 3. The number of fused-ring (bicyclic) bond motifs is 1. The lowest BCUT2D eigenvalue weighted by Gasteiger charge is -2.41. The lowest BCUT2D eigenvalue weighted by Crippen LogP contribution is -2.61. The highest BCUT2D eigenvalue weighted by Crippen LogP contribution is 2.45. The van der Waals surface area contributed by atoms with Crippen molar-refractivity contribution >= 4 is 46.9 Å². The largest absolute Gasteiger partial charge is 0.507 e. The van der Waals surface area contributed by atoms with Crippen LogP contribution in [0, 0.1) is 0 Å². The topological polar surface area (TPSA) is 424 Å². The summed E-state index contributed by atoms with van der Waals surface area (Å²) >= 11 is 0. The van der Waals surface area contributed by atoms with Crippen molar-refractivity contribution in [3.8, 4) is 57.3 Å². The molecule has 6 rings (SSSR count). The van der Waals surface area contributed by atoms with Crippen LogP contribution in [-0.4, -0.2) is 171 Å². The van der Waals surface area contributed by atoms with Crippen LogP contribution in [0.1, 0.15) is 18.4 Å². The molecule has 0 amide bonds. The SMILES string of the molecule is O=C(O)CC(=O)OC[C@@H]1O[C@@H](Oc2cc(O)cc3[o+]c(-c4cc(O)c(O)c(O)c4)c(O[C@@H]4O[C@@H](COC(=O)/C=C/c5ccc(O)c(O)c5)[C@@H](O)[C@H](O)[C@@H]4O)cc23)[C@H](O)[C@@H](O)[C@@H]1OC(=O)CC(=O)O. The second-order valence-corrected chi connectivity index (χ2v) is 14.9. The Bertz CT molecular complexity index is 2570. The predicted octanol–water partition coefficient (Wildman–Crippen LogP) is -0.713. The summed E-state index contributed by atoms with van der Waals surface area (Å²) in [4.78, 5) is 59.1. The number of hydrogen-bond donors (Lipinski definition) is 13. The molecule has 3 aromatic carbocycles. The van der Waals surface area contributed by atoms with Gasteiger partial charge in [0.25, 0.3) is 0 Å². The van der Waals surface area contributed by atoms with Crippen molar-refractivity contribution in [2.24, 2.45) is 0 Å². The molecule has 0 bridgehead atoms. The molecular weight excluding hydrogens is 920 g/mol. The van der Waals surface area contributed by atoms with E-state index in [0.29, 0.717) is 0 Å². The minimum absolute atomic E-state index is 0.233. The van der Waals surface area contributed by atoms with Gasteiger partial charge in [0.15, 0.2) is 34.9 Å². The number of aliphatic carboxylic acids is 2. The van der Waals surface area contributed by atoms with Gasteiger partial charge < -0.3 is 99.5 Å². The molecule has 0 saturated carbocycles. The number of benzene rings is 3. The van der Waals surface area contributed by atoms with Gasteiger partial charge in [-0.2, -0.15) is 0 Å². The zero-order chi connectivity index (χ0) is 49.7. The Morgan fingerprint density at radius 3 is 1.87 bits per heavy atom. The standard InChI is InChI=1S/C42H40O26/c43-17-8-23-18(24(9-17)64-42-38(60)36(58)40(68-32(54)12-29(50)51)27(67-42)14-62-31(53)11-28(48)49)10-25(39(63-23)16-6-21(46)33(55)22(47)7-16)65-41-37(59)35(57)34(56)26(66-41)13-61-30(52)4-2-15-1-3-19(44)20(45)5-15/h1-10,26-27,34-38,40-42,56-60H,11-14H2,(H7-,43,44,45,46,47,48,49,50,51,52,55)/p+1/t26-,27-,34+,35-,36+,37-,38+,40+,41+,42+/m0/s1. The van der Waals surface area contributed by atoms with Gasteiger partial charge in [-0.05, 0) is 23.8 Å². The first-order valence-electron chi connectivity index (χ1n) is 19.7. The molecule has 4 aromatic rings. The minimum atomic E-state index is -2.20. The summed E-state index contributed by atoms with van der Waals surface area (Å²) in [5.74, 6) is -12.7. The quantitative estimate of drug-likeness (QED) is 0.0165. The molecule has 364 valence electrons. The molecule has 0 unspecified atom stereocenters. The first-order chi connectivity index (χ1) is 32.1. The molecule has 26 nitrogen and oxygen atoms in total. The summed E-state index contributed by atoms with van der Waals surface area (Å²) in [6.45, 7) is -1.73. The molecule has 2 saturated heterocycles. The van der Waals surface area contributed by atoms with Crippen LogP contribution in [0.4, 0.5) is 0 Å². The molecule has 3 heterocycles. The maximum Gasteiger partial charge on any atom is 0.402 e. The molecule has 2 aliphatic rings. The second kappa shape index (κ2) is 20.8. The van der Waals surface area contributed by atoms with Gasteiger partial charge in [-0.15, -0.1) is 0 Å². The van der Waals surface area contributed by atoms with E-state index in [0.717, 1.165) is 48.5 Å². The summed E-state index contributed by atoms with van der Waals surface area (Å²) in [7, 11) is 0. The third-order valence-corrected chi connectivity index (χ3v) is 10.00. The number of phenolic OH excluding ortho intramolecular Hbond substituents is 6. The second-order valence-electron chi connectivity index (χ2n) is 14.9. The number of rotatable bonds is 16. The zero-order valence-electron chi connectivity index (χ0n) is 34.5. The van der Waals surface area contributed by atoms with Gasteiger partial charge in [0.1, 0.15) is 85.7 Å². The Labute approximate surface area is 379 Å². The van der Waals surface area contributed by atoms with E-state index in [-0.39, 0.29) is 22.1 Å². The predicted molar refractivity (Wildman–Crippen MR) is 216 cm³/mol. The van der Waals surface area contributed by atoms with Crippen LogP contribution in [0.15, 0.2) is 59.0 Å². The maximum atomic E-state index is 12.6. The Morgan fingerprint density at radius 2 is 1.22 bits per heavy atom. The van der Waals surface area contributed by atoms with E-state index in [4.69, 9.17) is 47.8 Å². The molecule has 0 aliphatic carbocycles. The van der Waals surface area contributed by atoms with Crippen LogP contribution in [0.5, 0.6) is 46.0 Å². The molecule has 13 N–H and O–H groups in total. The summed E-state index contributed by atoms with van der Waals surface area (Å²) in [6, 6.07) is 8.42. The highest BCUT2D eigenvalue weighted by atomic mass is 16.7. The van der Waals surface area contributed by atoms with Crippen LogP contribution in [0.3, 0.4) is 0 Å². The Morgan fingerprint density at radius 1 is 0.618 bits per heavy atom. The van der Waals surface area contributed by atoms with Crippen molar-refractivity contribution in [2.75, 3.05) is 13.2 Å². The van der Waals surface area contributed by atoms with Crippen LogP contribution in [0.2, 0.25) is 0 Å². The monoisotopic (exact) mass is 961 g/mol. The number of phenols is 6. The molecular formula is C42H41O26+. The van der Waals surface area contributed by atoms with Gasteiger partial charge in [0.2, 0.25) is 18.3 Å². The van der Waals surface area contributed by atoms with Gasteiger partial charge in [-0.25, -0.2) is 9.21 Å². The van der Waals surface area contributed by atoms with Crippen LogP contribution in [0.25, 0.3) is 28.4 Å². The fourth-order valence-corrected chi connectivity index (χ4v) is 6.66. The highest BCUT2D eigenvalue weighted by Gasteiger charge is 2.50. The van der Waals surface area contributed by atoms with E-state index in [1.807, 2.05) is 0 Å². The Hall–Kier alpha value is -7.72. The molecule has 10 atom stereocenters. The van der Waals surface area contributed by atoms with Crippen molar-refractivity contribution in [3.63, 3.8) is 0 Å². The molecule has 2 fully saturated rings. The van der Waals surface area contributed by atoms with Crippen molar-refractivity contribution < 1.29 is 128 Å². The van der Waals surface area contributed by atoms with Gasteiger partial charge in [-0.3, -0.25) is 19.2 Å². The summed E-state index contributed by atoms with van der Waals surface area (Å²) in [5, 5.41) is 133. The minimum Gasteiger partial charge on any atom is -0.507 e. The maximum absolute atomic E-state index is 12.6. The van der Waals surface area contributed by atoms with E-state index >= 15 is 0 Å². The molecule has 2 aliphatic heterocycles. The number of ether oxygens (including phenoxy) is 7. The number of carbonyl (C=O) groups is 5. The third-order valence-electron chi connectivity index (χ3n) is 10.00. The van der Waals surface area contributed by atoms with Gasteiger partial charge in [-0.1, -0.05) is 6.07 Å². The first-order valence-corrected chi connectivity index (χ1v) is 19.7. The van der Waals surface area contributed by atoms with Crippen molar-refractivity contribution in [1.29, 1.82) is 0 Å². The average molecular weight is 962 g/mol. The van der Waals surface area contributed by atoms with Crippen molar-refractivity contribution in [2.45, 2.75) is 74.3 Å². The van der Waals surface area contributed by atoms with Crippen molar-refractivity contribution in [1.82, 2.24) is 0 Å². The highest BCUT2D eigenvalue weighted by molar-refractivity contribution is 5.91. The summed E-state index contributed by atoms with van der Waals surface area (Å²) < 4.78 is 44.3. The Balaban J connectivity index is 1.33. The van der Waals surface area contributed by atoms with Gasteiger partial charge in [0.05, 0.1) is 11.6 Å². The Kier molecular flexibility index (Phi) is 15.2. The fourth-order valence-electron chi connectivity index (χ4n) is 6.66. The van der Waals surface area contributed by atoms with E-state index in [1.165, 1.54) is 12.1 Å². The number of esters is 3. The molecule has 0 radical (unpaired) electrons. The van der Waals surface area contributed by atoms with Crippen LogP contribution >= 0.6 is 0 Å². The smallest absolute Gasteiger partial charge is 0.402 e. The van der Waals surface area contributed by atoms with E-state index in [1.54, 1.807) is 0 Å². The van der Waals surface area contributed by atoms with Crippen LogP contribution < -0.4 is 9.47 Å². The number of aliphatic hydroxyl groups excluding tert-OH is 5. The van der Waals surface area contributed by atoms with Crippen molar-refractivity contribution in [3.05, 3.63) is 60.2 Å². The first kappa shape index (κ1) is 49.7. The lowest BCUT2D eigenvalue weighted by atomic mass is 9.98. The van der Waals surface area contributed by atoms with Crippen LogP contribution in [-0.2, 0) is 47.7 Å². The number of carboxylic acid groups (broad SMARTS) is 2. The fraction of sp³-hybridized carbons (Fsp3) is 0.333. The van der Waals surface area contributed by atoms with E-state index < -0.39 is 169 Å². The molecule has 68 heavy (non-hydrogen) atoms. The number of carboxylic acids is 2. The molecule has 26 heteroatoms. The van der Waals surface area contributed by atoms with Gasteiger partial charge in [0, 0.05) is 30.3 Å². The lowest BCUT2D eigenvalue weighted by molar-refractivity contribution is -0.282.